The average molecular weight is 291 g/mol. The Balaban J connectivity index is 2.24. The molecule has 0 aliphatic heterocycles. The minimum Gasteiger partial charge on any atom is -0.389 e. The summed E-state index contributed by atoms with van der Waals surface area (Å²) in [7, 11) is 0. The third kappa shape index (κ3) is 3.52. The van der Waals surface area contributed by atoms with Gasteiger partial charge in [-0.05, 0) is 36.9 Å². The smallest absolute Gasteiger partial charge is 0.127 e. The maximum atomic E-state index is 5.69. The second-order valence-corrected chi connectivity index (χ2v) is 5.79. The summed E-state index contributed by atoms with van der Waals surface area (Å²) in [5.74, 6) is 0.822. The van der Waals surface area contributed by atoms with E-state index in [2.05, 4.69) is 34.7 Å². The first-order valence-electron chi connectivity index (χ1n) is 6.18. The molecule has 2 heterocycles. The number of aromatic nitrogens is 1. The molecule has 0 saturated heterocycles. The predicted molar refractivity (Wildman–Crippen MR) is 85.8 cm³/mol. The van der Waals surface area contributed by atoms with Gasteiger partial charge in [-0.2, -0.15) is 0 Å². The van der Waals surface area contributed by atoms with Crippen molar-refractivity contribution in [3.05, 3.63) is 45.8 Å². The van der Waals surface area contributed by atoms with E-state index in [1.165, 1.54) is 4.88 Å². The summed E-state index contributed by atoms with van der Waals surface area (Å²) in [6, 6.07) is 8.28. The average Bonchev–Trinajstić information content (AvgIpc) is 2.89. The number of thiophene rings is 1. The monoisotopic (exact) mass is 291 g/mol. The van der Waals surface area contributed by atoms with Gasteiger partial charge in [-0.1, -0.05) is 25.2 Å². The summed E-state index contributed by atoms with van der Waals surface area (Å²) >= 11 is 6.78. The first kappa shape index (κ1) is 14.0. The van der Waals surface area contributed by atoms with Crippen LogP contribution in [-0.2, 0) is 0 Å². The molecule has 100 valence electrons. The largest absolute Gasteiger partial charge is 0.389 e. The van der Waals surface area contributed by atoms with Crippen molar-refractivity contribution >= 4 is 34.4 Å². The van der Waals surface area contributed by atoms with Gasteiger partial charge in [0.25, 0.3) is 0 Å². The molecule has 0 amide bonds. The Morgan fingerprint density at radius 3 is 2.89 bits per heavy atom. The minimum absolute atomic E-state index is 0.272. The first-order chi connectivity index (χ1) is 9.10. The number of aryl methyl sites for hydroxylation is 1. The van der Waals surface area contributed by atoms with Crippen LogP contribution in [-0.4, -0.2) is 9.97 Å². The van der Waals surface area contributed by atoms with Crippen LogP contribution in [0.15, 0.2) is 29.6 Å². The van der Waals surface area contributed by atoms with E-state index in [1.807, 2.05) is 19.1 Å². The van der Waals surface area contributed by atoms with Gasteiger partial charge in [0, 0.05) is 16.1 Å². The fourth-order valence-electron chi connectivity index (χ4n) is 1.93. The van der Waals surface area contributed by atoms with Crippen molar-refractivity contribution in [1.82, 2.24) is 4.98 Å². The maximum absolute atomic E-state index is 5.69. The topological polar surface area (TPSA) is 50.9 Å². The molecule has 5 heteroatoms. The van der Waals surface area contributed by atoms with Crippen LogP contribution >= 0.6 is 23.6 Å². The van der Waals surface area contributed by atoms with E-state index >= 15 is 0 Å². The molecule has 2 rings (SSSR count). The molecule has 0 spiro atoms. The zero-order chi connectivity index (χ0) is 13.8. The normalized spacial score (nSPS) is 12.1. The molecule has 2 aromatic rings. The van der Waals surface area contributed by atoms with Crippen LogP contribution in [0.2, 0.25) is 0 Å². The molecule has 0 saturated carbocycles. The summed E-state index contributed by atoms with van der Waals surface area (Å²) in [6.45, 7) is 4.10. The fraction of sp³-hybridized carbons (Fsp3) is 0.286. The van der Waals surface area contributed by atoms with E-state index in [1.54, 1.807) is 11.3 Å². The summed E-state index contributed by atoms with van der Waals surface area (Å²) in [4.78, 5) is 6.20. The molecule has 2 aromatic heterocycles. The molecule has 19 heavy (non-hydrogen) atoms. The molecule has 3 N–H and O–H groups in total. The molecule has 1 atom stereocenters. The Morgan fingerprint density at radius 1 is 1.53 bits per heavy atom. The van der Waals surface area contributed by atoms with E-state index in [4.69, 9.17) is 18.0 Å². The molecule has 0 aliphatic carbocycles. The molecule has 0 fully saturated rings. The summed E-state index contributed by atoms with van der Waals surface area (Å²) in [5, 5.41) is 5.54. The van der Waals surface area contributed by atoms with Gasteiger partial charge >= 0.3 is 0 Å². The number of pyridine rings is 1. The first-order valence-corrected chi connectivity index (χ1v) is 7.47. The molecule has 3 nitrogen and oxygen atoms in total. The van der Waals surface area contributed by atoms with Crippen molar-refractivity contribution in [2.24, 2.45) is 5.73 Å². The van der Waals surface area contributed by atoms with Gasteiger partial charge in [-0.15, -0.1) is 11.3 Å². The van der Waals surface area contributed by atoms with Gasteiger partial charge in [0.2, 0.25) is 0 Å². The number of hydrogen-bond acceptors (Lipinski definition) is 4. The Bertz CT molecular complexity index is 564. The Hall–Kier alpha value is -1.46. The van der Waals surface area contributed by atoms with Crippen molar-refractivity contribution in [2.75, 3.05) is 5.32 Å². The van der Waals surface area contributed by atoms with Gasteiger partial charge in [0.1, 0.15) is 10.8 Å². The standard InChI is InChI=1S/C14H17N3S2/c1-3-11(12-5-4-6-19-12)17-13-8-10(14(15)18)7-9(2)16-13/h4-8,11H,3H2,1-2H3,(H2,15,18)(H,16,17). The molecular weight excluding hydrogens is 274 g/mol. The maximum Gasteiger partial charge on any atom is 0.127 e. The van der Waals surface area contributed by atoms with Crippen molar-refractivity contribution in [2.45, 2.75) is 26.3 Å². The third-order valence-corrected chi connectivity index (χ3v) is 4.08. The van der Waals surface area contributed by atoms with Crippen LogP contribution in [0.4, 0.5) is 5.82 Å². The number of anilines is 1. The van der Waals surface area contributed by atoms with E-state index in [0.717, 1.165) is 23.5 Å². The van der Waals surface area contributed by atoms with E-state index in [9.17, 15) is 0 Å². The lowest BCUT2D eigenvalue weighted by atomic mass is 10.1. The Morgan fingerprint density at radius 2 is 2.32 bits per heavy atom. The van der Waals surface area contributed by atoms with Gasteiger partial charge in [-0.25, -0.2) is 4.98 Å². The second-order valence-electron chi connectivity index (χ2n) is 4.37. The van der Waals surface area contributed by atoms with Crippen molar-refractivity contribution in [1.29, 1.82) is 0 Å². The number of thiocarbonyl (C=S) groups is 1. The molecular formula is C14H17N3S2. The third-order valence-electron chi connectivity index (χ3n) is 2.85. The van der Waals surface area contributed by atoms with E-state index < -0.39 is 0 Å². The number of hydrogen-bond donors (Lipinski definition) is 2. The SMILES string of the molecule is CCC(Nc1cc(C(N)=S)cc(C)n1)c1cccs1. The number of nitrogens with zero attached hydrogens (tertiary/aromatic N) is 1. The van der Waals surface area contributed by atoms with Crippen LogP contribution in [0, 0.1) is 6.92 Å². The highest BCUT2D eigenvalue weighted by atomic mass is 32.1. The van der Waals surface area contributed by atoms with Crippen molar-refractivity contribution in [3.8, 4) is 0 Å². The van der Waals surface area contributed by atoms with E-state index in [-0.39, 0.29) is 6.04 Å². The zero-order valence-electron chi connectivity index (χ0n) is 11.0. The zero-order valence-corrected chi connectivity index (χ0v) is 12.6. The van der Waals surface area contributed by atoms with Gasteiger partial charge in [-0.3, -0.25) is 0 Å². The summed E-state index contributed by atoms with van der Waals surface area (Å²) < 4.78 is 0. The van der Waals surface area contributed by atoms with Crippen molar-refractivity contribution < 1.29 is 0 Å². The summed E-state index contributed by atoms with van der Waals surface area (Å²) in [6.07, 6.45) is 0.999. The van der Waals surface area contributed by atoms with Crippen LogP contribution < -0.4 is 11.1 Å². The lowest BCUT2D eigenvalue weighted by Crippen LogP contribution is -2.13. The minimum atomic E-state index is 0.272. The van der Waals surface area contributed by atoms with Crippen molar-refractivity contribution in [3.63, 3.8) is 0 Å². The highest BCUT2D eigenvalue weighted by molar-refractivity contribution is 7.80. The van der Waals surface area contributed by atoms with Gasteiger partial charge < -0.3 is 11.1 Å². The molecule has 0 bridgehead atoms. The molecule has 0 radical (unpaired) electrons. The number of rotatable bonds is 5. The lowest BCUT2D eigenvalue weighted by molar-refractivity contribution is 0.758. The Labute approximate surface area is 122 Å². The van der Waals surface area contributed by atoms with Crippen LogP contribution in [0.1, 0.15) is 35.5 Å². The van der Waals surface area contributed by atoms with Gasteiger partial charge in [0.15, 0.2) is 0 Å². The molecule has 0 aromatic carbocycles. The van der Waals surface area contributed by atoms with Gasteiger partial charge in [0.05, 0.1) is 6.04 Å². The predicted octanol–water partition coefficient (Wildman–Crippen LogP) is 3.65. The number of nitrogens with one attached hydrogen (secondary N) is 1. The van der Waals surface area contributed by atoms with Crippen LogP contribution in [0.5, 0.6) is 0 Å². The van der Waals surface area contributed by atoms with Crippen LogP contribution in [0.25, 0.3) is 0 Å². The quantitative estimate of drug-likeness (QED) is 0.826. The number of nitrogens with two attached hydrogens (primary N) is 1. The fourth-order valence-corrected chi connectivity index (χ4v) is 2.91. The second kappa shape index (κ2) is 6.12. The van der Waals surface area contributed by atoms with E-state index in [0.29, 0.717) is 4.99 Å². The highest BCUT2D eigenvalue weighted by Crippen LogP contribution is 2.25. The Kier molecular flexibility index (Phi) is 4.50. The molecule has 1 unspecified atom stereocenters. The van der Waals surface area contributed by atoms with Crippen LogP contribution in [0.3, 0.4) is 0 Å². The molecule has 0 aliphatic rings. The lowest BCUT2D eigenvalue weighted by Gasteiger charge is -2.17. The summed E-state index contributed by atoms with van der Waals surface area (Å²) in [5.41, 5.74) is 7.45. The highest BCUT2D eigenvalue weighted by Gasteiger charge is 2.11.